The van der Waals surface area contributed by atoms with Crippen LogP contribution in [0.2, 0.25) is 0 Å². The molecule has 0 radical (unpaired) electrons. The number of carboxylic acids is 1. The van der Waals surface area contributed by atoms with Gasteiger partial charge in [0.05, 0.1) is 28.7 Å². The third-order valence-electron chi connectivity index (χ3n) is 2.47. The molecule has 19 heavy (non-hydrogen) atoms. The van der Waals surface area contributed by atoms with Crippen molar-refractivity contribution in [1.82, 2.24) is 15.0 Å². The lowest BCUT2D eigenvalue weighted by atomic mass is 10.2. The first-order chi connectivity index (χ1) is 9.04. The number of aromatic nitrogens is 3. The van der Waals surface area contributed by atoms with E-state index in [2.05, 4.69) is 10.3 Å². The molecule has 1 heterocycles. The topological polar surface area (TPSA) is 85.1 Å². The molecule has 100 valence electrons. The summed E-state index contributed by atoms with van der Waals surface area (Å²) in [6, 6.07) is 6.73. The number of aryl methyl sites for hydroxylation is 1. The van der Waals surface area contributed by atoms with E-state index in [4.69, 9.17) is 5.11 Å². The summed E-state index contributed by atoms with van der Waals surface area (Å²) in [5.41, 5.74) is 1.35. The summed E-state index contributed by atoms with van der Waals surface area (Å²) in [5, 5.41) is 16.3. The molecule has 2 rings (SSSR count). The van der Waals surface area contributed by atoms with E-state index in [1.807, 2.05) is 0 Å². The van der Waals surface area contributed by atoms with Crippen molar-refractivity contribution in [2.24, 2.45) is 7.05 Å². The highest BCUT2D eigenvalue weighted by molar-refractivity contribution is 7.84. The van der Waals surface area contributed by atoms with Gasteiger partial charge >= 0.3 is 5.97 Å². The van der Waals surface area contributed by atoms with E-state index in [0.717, 1.165) is 0 Å². The largest absolute Gasteiger partial charge is 0.481 e. The molecule has 1 aromatic heterocycles. The maximum absolute atomic E-state index is 12.1. The summed E-state index contributed by atoms with van der Waals surface area (Å²) in [5.74, 6) is -0.583. The van der Waals surface area contributed by atoms with Gasteiger partial charge in [-0.3, -0.25) is 13.7 Å². The molecule has 1 N–H and O–H groups in total. The van der Waals surface area contributed by atoms with E-state index in [-0.39, 0.29) is 6.42 Å². The monoisotopic (exact) mass is 279 g/mol. The summed E-state index contributed by atoms with van der Waals surface area (Å²) >= 11 is 0. The number of hydrogen-bond donors (Lipinski definition) is 1. The van der Waals surface area contributed by atoms with Gasteiger partial charge in [-0.05, 0) is 17.7 Å². The highest BCUT2D eigenvalue weighted by Gasteiger charge is 2.08. The van der Waals surface area contributed by atoms with Gasteiger partial charge in [-0.2, -0.15) is 0 Å². The van der Waals surface area contributed by atoms with Crippen molar-refractivity contribution in [1.29, 1.82) is 0 Å². The van der Waals surface area contributed by atoms with Crippen LogP contribution >= 0.6 is 0 Å². The quantitative estimate of drug-likeness (QED) is 0.873. The lowest BCUT2D eigenvalue weighted by Crippen LogP contribution is -2.01. The summed E-state index contributed by atoms with van der Waals surface area (Å²) in [4.78, 5) is 11.2. The van der Waals surface area contributed by atoms with Crippen LogP contribution in [0.1, 0.15) is 11.3 Å². The maximum atomic E-state index is 12.1. The third-order valence-corrected chi connectivity index (χ3v) is 3.83. The van der Waals surface area contributed by atoms with Crippen molar-refractivity contribution >= 4 is 16.8 Å². The molecule has 7 heteroatoms. The fourth-order valence-electron chi connectivity index (χ4n) is 1.61. The number of rotatable bonds is 5. The van der Waals surface area contributed by atoms with Gasteiger partial charge in [-0.15, -0.1) is 5.10 Å². The number of aliphatic carboxylic acids is 1. The Morgan fingerprint density at radius 1 is 1.37 bits per heavy atom. The summed E-state index contributed by atoms with van der Waals surface area (Å²) in [7, 11) is 0.545. The first kappa shape index (κ1) is 13.4. The predicted molar refractivity (Wildman–Crippen MR) is 68.9 cm³/mol. The average molecular weight is 279 g/mol. The number of carbonyl (C=O) groups is 1. The summed E-state index contributed by atoms with van der Waals surface area (Å²) in [6.45, 7) is 0. The smallest absolute Gasteiger partial charge is 0.307 e. The zero-order valence-electron chi connectivity index (χ0n) is 10.3. The minimum atomic E-state index is -1.21. The number of hydrogen-bond acceptors (Lipinski definition) is 4. The second-order valence-electron chi connectivity index (χ2n) is 4.09. The zero-order valence-corrected chi connectivity index (χ0v) is 11.1. The van der Waals surface area contributed by atoms with Crippen LogP contribution in [0.5, 0.6) is 0 Å². The van der Waals surface area contributed by atoms with E-state index in [0.29, 0.717) is 21.9 Å². The standard InChI is InChI=1S/C12H13N3O3S/c1-15-7-10(13-14-15)8-19(18)11-4-2-9(3-5-11)6-12(16)17/h2-5,7H,6,8H2,1H3,(H,16,17). The minimum Gasteiger partial charge on any atom is -0.481 e. The van der Waals surface area contributed by atoms with E-state index in [9.17, 15) is 9.00 Å². The molecule has 0 spiro atoms. The van der Waals surface area contributed by atoms with Crippen LogP contribution in [-0.2, 0) is 34.8 Å². The SMILES string of the molecule is Cn1cc(CS(=O)c2ccc(CC(=O)O)cc2)nn1. The van der Waals surface area contributed by atoms with Crippen molar-refractivity contribution in [2.45, 2.75) is 17.1 Å². The molecule has 0 bridgehead atoms. The summed E-state index contributed by atoms with van der Waals surface area (Å²) in [6.07, 6.45) is 1.69. The molecule has 1 atom stereocenters. The Labute approximate surface area is 112 Å². The molecular weight excluding hydrogens is 266 g/mol. The molecule has 0 saturated carbocycles. The minimum absolute atomic E-state index is 0.0307. The van der Waals surface area contributed by atoms with Crippen LogP contribution in [0.3, 0.4) is 0 Å². The highest BCUT2D eigenvalue weighted by atomic mass is 32.2. The number of carboxylic acid groups (broad SMARTS) is 1. The molecule has 6 nitrogen and oxygen atoms in total. The third kappa shape index (κ3) is 3.72. The zero-order chi connectivity index (χ0) is 13.8. The Balaban J connectivity index is 2.05. The van der Waals surface area contributed by atoms with Crippen LogP contribution < -0.4 is 0 Å². The van der Waals surface area contributed by atoms with Gasteiger partial charge in [0.2, 0.25) is 0 Å². The van der Waals surface area contributed by atoms with E-state index < -0.39 is 16.8 Å². The van der Waals surface area contributed by atoms with Gasteiger partial charge in [0.25, 0.3) is 0 Å². The molecule has 0 saturated heterocycles. The molecule has 0 fully saturated rings. The van der Waals surface area contributed by atoms with E-state index in [1.165, 1.54) is 0 Å². The molecule has 0 amide bonds. The van der Waals surface area contributed by atoms with Crippen LogP contribution in [-0.4, -0.2) is 30.3 Å². The maximum Gasteiger partial charge on any atom is 0.307 e. The van der Waals surface area contributed by atoms with Gasteiger partial charge < -0.3 is 5.11 Å². The van der Waals surface area contributed by atoms with Crippen LogP contribution in [0, 0.1) is 0 Å². The second-order valence-corrected chi connectivity index (χ2v) is 5.54. The lowest BCUT2D eigenvalue weighted by molar-refractivity contribution is -0.136. The van der Waals surface area contributed by atoms with Gasteiger partial charge in [0.1, 0.15) is 0 Å². The number of benzene rings is 1. The van der Waals surface area contributed by atoms with Gasteiger partial charge in [-0.1, -0.05) is 17.3 Å². The van der Waals surface area contributed by atoms with Crippen molar-refractivity contribution in [3.63, 3.8) is 0 Å². The molecule has 0 aliphatic rings. The average Bonchev–Trinajstić information content (AvgIpc) is 2.75. The van der Waals surface area contributed by atoms with Crippen LogP contribution in [0.4, 0.5) is 0 Å². The molecule has 0 aliphatic carbocycles. The molecule has 0 aliphatic heterocycles. The highest BCUT2D eigenvalue weighted by Crippen LogP contribution is 2.12. The van der Waals surface area contributed by atoms with E-state index >= 15 is 0 Å². The van der Waals surface area contributed by atoms with Crippen LogP contribution in [0.25, 0.3) is 0 Å². The Bertz CT molecular complexity index is 607. The van der Waals surface area contributed by atoms with Crippen molar-refractivity contribution in [2.75, 3.05) is 0 Å². The molecule has 1 unspecified atom stereocenters. The van der Waals surface area contributed by atoms with Crippen molar-refractivity contribution < 1.29 is 14.1 Å². The molecule has 2 aromatic rings. The Hall–Kier alpha value is -2.02. The first-order valence-electron chi connectivity index (χ1n) is 5.59. The fraction of sp³-hybridized carbons (Fsp3) is 0.250. The van der Waals surface area contributed by atoms with Crippen molar-refractivity contribution in [3.05, 3.63) is 41.7 Å². The van der Waals surface area contributed by atoms with Gasteiger partial charge in [0, 0.05) is 18.1 Å². The normalized spacial score (nSPS) is 12.3. The summed E-state index contributed by atoms with van der Waals surface area (Å²) < 4.78 is 13.6. The molecule has 1 aromatic carbocycles. The fourth-order valence-corrected chi connectivity index (χ4v) is 2.62. The molecular formula is C12H13N3O3S. The first-order valence-corrected chi connectivity index (χ1v) is 6.91. The Kier molecular flexibility index (Phi) is 4.06. The second kappa shape index (κ2) is 5.75. The lowest BCUT2D eigenvalue weighted by Gasteiger charge is -2.01. The van der Waals surface area contributed by atoms with E-state index in [1.54, 1.807) is 42.2 Å². The number of nitrogens with zero attached hydrogens (tertiary/aromatic N) is 3. The Morgan fingerprint density at radius 3 is 2.58 bits per heavy atom. The Morgan fingerprint density at radius 2 is 2.05 bits per heavy atom. The van der Waals surface area contributed by atoms with Gasteiger partial charge in [0.15, 0.2) is 0 Å². The predicted octanol–water partition coefficient (Wildman–Crippen LogP) is 0.750. The van der Waals surface area contributed by atoms with Gasteiger partial charge in [-0.25, -0.2) is 0 Å². The van der Waals surface area contributed by atoms with Crippen molar-refractivity contribution in [3.8, 4) is 0 Å². The van der Waals surface area contributed by atoms with Crippen LogP contribution in [0.15, 0.2) is 35.4 Å².